The summed E-state index contributed by atoms with van der Waals surface area (Å²) in [5, 5.41) is 3.22. The van der Waals surface area contributed by atoms with Gasteiger partial charge in [0.05, 0.1) is 5.56 Å². The van der Waals surface area contributed by atoms with E-state index in [0.717, 1.165) is 44.3 Å². The van der Waals surface area contributed by atoms with Crippen LogP contribution in [0, 0.1) is 29.1 Å². The second-order valence-corrected chi connectivity index (χ2v) is 8.22. The minimum Gasteiger partial charge on any atom is -0.440 e. The number of rotatable bonds is 4. The molecule has 0 bridgehead atoms. The first kappa shape index (κ1) is 23.0. The van der Waals surface area contributed by atoms with Gasteiger partial charge in [0.2, 0.25) is 0 Å². The maximum atomic E-state index is 14.7. The summed E-state index contributed by atoms with van der Waals surface area (Å²) in [5.41, 5.74) is -1.31. The molecule has 3 heterocycles. The number of pyridine rings is 1. The topological polar surface area (TPSA) is 60.1 Å². The van der Waals surface area contributed by atoms with Crippen molar-refractivity contribution in [3.8, 4) is 28.3 Å². The fourth-order valence-corrected chi connectivity index (χ4v) is 4.20. The van der Waals surface area contributed by atoms with E-state index in [4.69, 9.17) is 4.42 Å². The van der Waals surface area contributed by atoms with Gasteiger partial charge in [-0.3, -0.25) is 9.36 Å². The SMILES string of the molecule is O=c1ccc(-c2nc(C3CCNCC3)oc2-c2ccc(F)cc2F)cn1-c1c(F)cc(F)cc1F. The standard InChI is InChI=1S/C25H18F5N3O2/c26-15-2-3-17(18(28)9-15)24-22(32-25(35-24)13-5-7-31-8-6-13)14-1-4-21(34)33(12-14)23-19(29)10-16(27)11-20(23)30/h1-4,9-13,31H,5-8H2. The van der Waals surface area contributed by atoms with Crippen LogP contribution < -0.4 is 10.9 Å². The lowest BCUT2D eigenvalue weighted by Gasteiger charge is -2.19. The highest BCUT2D eigenvalue weighted by Crippen LogP contribution is 2.38. The molecule has 1 aliphatic rings. The van der Waals surface area contributed by atoms with Gasteiger partial charge in [-0.05, 0) is 44.1 Å². The average molecular weight is 487 g/mol. The number of aromatic nitrogens is 2. The van der Waals surface area contributed by atoms with E-state index >= 15 is 0 Å². The van der Waals surface area contributed by atoms with E-state index < -0.39 is 40.3 Å². The molecule has 1 N–H and O–H groups in total. The molecule has 1 saturated heterocycles. The Morgan fingerprint density at radius 2 is 1.57 bits per heavy atom. The van der Waals surface area contributed by atoms with Crippen molar-refractivity contribution in [2.45, 2.75) is 18.8 Å². The van der Waals surface area contributed by atoms with Gasteiger partial charge in [-0.25, -0.2) is 26.9 Å². The predicted octanol–water partition coefficient (Wildman–Crippen LogP) is 5.32. The number of piperidine rings is 1. The normalized spacial score (nSPS) is 14.4. The van der Waals surface area contributed by atoms with Crippen LogP contribution in [0.2, 0.25) is 0 Å². The Kier molecular flexibility index (Phi) is 5.98. The summed E-state index contributed by atoms with van der Waals surface area (Å²) in [4.78, 5) is 17.0. The van der Waals surface area contributed by atoms with Crippen LogP contribution >= 0.6 is 0 Å². The van der Waals surface area contributed by atoms with Crippen molar-refractivity contribution < 1.29 is 26.4 Å². The lowest BCUT2D eigenvalue weighted by molar-refractivity contribution is 0.378. The molecule has 0 amide bonds. The molecule has 0 spiro atoms. The lowest BCUT2D eigenvalue weighted by atomic mass is 9.98. The number of hydrogen-bond acceptors (Lipinski definition) is 4. The Hall–Kier alpha value is -3.79. The molecule has 4 aromatic rings. The highest BCUT2D eigenvalue weighted by Gasteiger charge is 2.26. The molecule has 2 aromatic carbocycles. The zero-order valence-electron chi connectivity index (χ0n) is 18.1. The van der Waals surface area contributed by atoms with Crippen molar-refractivity contribution in [3.63, 3.8) is 0 Å². The van der Waals surface area contributed by atoms with Crippen molar-refractivity contribution in [1.82, 2.24) is 14.9 Å². The molecule has 1 aliphatic heterocycles. The Morgan fingerprint density at radius 3 is 2.26 bits per heavy atom. The van der Waals surface area contributed by atoms with Crippen LogP contribution in [0.5, 0.6) is 0 Å². The quantitative estimate of drug-likeness (QED) is 0.396. The summed E-state index contributed by atoms with van der Waals surface area (Å²) < 4.78 is 77.2. The van der Waals surface area contributed by atoms with Crippen molar-refractivity contribution in [2.24, 2.45) is 0 Å². The van der Waals surface area contributed by atoms with E-state index in [2.05, 4.69) is 10.3 Å². The van der Waals surface area contributed by atoms with Crippen molar-refractivity contribution in [3.05, 3.63) is 94.0 Å². The monoisotopic (exact) mass is 487 g/mol. The minimum atomic E-state index is -1.28. The van der Waals surface area contributed by atoms with Crippen LogP contribution in [-0.2, 0) is 0 Å². The van der Waals surface area contributed by atoms with Gasteiger partial charge in [0.15, 0.2) is 23.3 Å². The molecular weight excluding hydrogens is 469 g/mol. The van der Waals surface area contributed by atoms with Crippen LogP contribution in [0.3, 0.4) is 0 Å². The van der Waals surface area contributed by atoms with Crippen molar-refractivity contribution in [1.29, 1.82) is 0 Å². The van der Waals surface area contributed by atoms with Gasteiger partial charge in [0, 0.05) is 41.9 Å². The number of oxazole rings is 1. The fourth-order valence-electron chi connectivity index (χ4n) is 4.20. The molecule has 0 unspecified atom stereocenters. The average Bonchev–Trinajstić information content (AvgIpc) is 3.25. The third-order valence-corrected chi connectivity index (χ3v) is 5.91. The van der Waals surface area contributed by atoms with Gasteiger partial charge < -0.3 is 9.73 Å². The molecule has 180 valence electrons. The van der Waals surface area contributed by atoms with Crippen LogP contribution in [0.15, 0.2) is 57.9 Å². The molecule has 0 saturated carbocycles. The Labute approximate surface area is 195 Å². The molecule has 0 atom stereocenters. The Bertz CT molecular complexity index is 1450. The van der Waals surface area contributed by atoms with E-state index in [9.17, 15) is 26.7 Å². The maximum absolute atomic E-state index is 14.7. The highest BCUT2D eigenvalue weighted by atomic mass is 19.2. The smallest absolute Gasteiger partial charge is 0.255 e. The zero-order chi connectivity index (χ0) is 24.7. The second-order valence-electron chi connectivity index (χ2n) is 8.22. The number of nitrogens with one attached hydrogen (secondary N) is 1. The summed E-state index contributed by atoms with van der Waals surface area (Å²) in [6, 6.07) is 6.31. The molecule has 0 aliphatic carbocycles. The number of halogens is 5. The second kappa shape index (κ2) is 9.10. The lowest BCUT2D eigenvalue weighted by Crippen LogP contribution is -2.26. The minimum absolute atomic E-state index is 0.0127. The summed E-state index contributed by atoms with van der Waals surface area (Å²) >= 11 is 0. The van der Waals surface area contributed by atoms with Crippen molar-refractivity contribution >= 4 is 0 Å². The van der Waals surface area contributed by atoms with Gasteiger partial charge in [-0.2, -0.15) is 0 Å². The number of hydrogen-bond donors (Lipinski definition) is 1. The first-order valence-electron chi connectivity index (χ1n) is 10.9. The third-order valence-electron chi connectivity index (χ3n) is 5.91. The van der Waals surface area contributed by atoms with Crippen LogP contribution in [0.4, 0.5) is 22.0 Å². The summed E-state index contributed by atoms with van der Waals surface area (Å²) in [6.45, 7) is 1.47. The van der Waals surface area contributed by atoms with Crippen LogP contribution in [-0.4, -0.2) is 22.6 Å². The fraction of sp³-hybridized carbons (Fsp3) is 0.200. The van der Waals surface area contributed by atoms with Gasteiger partial charge in [-0.1, -0.05) is 0 Å². The zero-order valence-corrected chi connectivity index (χ0v) is 18.1. The van der Waals surface area contributed by atoms with Crippen molar-refractivity contribution in [2.75, 3.05) is 13.1 Å². The van der Waals surface area contributed by atoms with E-state index in [0.29, 0.717) is 28.7 Å². The third kappa shape index (κ3) is 4.37. The van der Waals surface area contributed by atoms with Gasteiger partial charge >= 0.3 is 0 Å². The maximum Gasteiger partial charge on any atom is 0.255 e. The van der Waals surface area contributed by atoms with Gasteiger partial charge in [0.25, 0.3) is 5.56 Å². The number of benzene rings is 2. The number of nitrogens with zero attached hydrogens (tertiary/aromatic N) is 2. The van der Waals surface area contributed by atoms with E-state index in [1.807, 2.05) is 0 Å². The molecule has 35 heavy (non-hydrogen) atoms. The van der Waals surface area contributed by atoms with E-state index in [1.54, 1.807) is 0 Å². The van der Waals surface area contributed by atoms with Crippen LogP contribution in [0.1, 0.15) is 24.7 Å². The van der Waals surface area contributed by atoms with Gasteiger partial charge in [-0.15, -0.1) is 0 Å². The Balaban J connectivity index is 1.70. The van der Waals surface area contributed by atoms with E-state index in [1.165, 1.54) is 12.1 Å². The van der Waals surface area contributed by atoms with Crippen LogP contribution in [0.25, 0.3) is 28.3 Å². The summed E-state index contributed by atoms with van der Waals surface area (Å²) in [6.07, 6.45) is 2.56. The molecule has 1 fully saturated rings. The molecular formula is C25H18F5N3O2. The molecule has 0 radical (unpaired) electrons. The molecule has 5 nitrogen and oxygen atoms in total. The first-order chi connectivity index (χ1) is 16.8. The predicted molar refractivity (Wildman–Crippen MR) is 118 cm³/mol. The summed E-state index contributed by atoms with van der Waals surface area (Å²) in [5.74, 6) is -5.09. The van der Waals surface area contributed by atoms with Gasteiger partial charge in [0.1, 0.15) is 28.8 Å². The first-order valence-corrected chi connectivity index (χ1v) is 10.9. The molecule has 10 heteroatoms. The van der Waals surface area contributed by atoms with E-state index in [-0.39, 0.29) is 28.5 Å². The Morgan fingerprint density at radius 1 is 0.886 bits per heavy atom. The summed E-state index contributed by atoms with van der Waals surface area (Å²) in [7, 11) is 0. The largest absolute Gasteiger partial charge is 0.440 e. The molecule has 2 aromatic heterocycles. The molecule has 5 rings (SSSR count). The highest BCUT2D eigenvalue weighted by molar-refractivity contribution is 5.77.